The third kappa shape index (κ3) is 5.61. The van der Waals surface area contributed by atoms with Gasteiger partial charge in [0.05, 0.1) is 19.8 Å². The number of hydrogen-bond donors (Lipinski definition) is 1. The quantitative estimate of drug-likeness (QED) is 0.744. The molecule has 0 saturated heterocycles. The summed E-state index contributed by atoms with van der Waals surface area (Å²) in [4.78, 5) is 12.0. The molecule has 4 nitrogen and oxygen atoms in total. The fraction of sp³-hybridized carbons (Fsp3) is 0.350. The molecule has 1 amide bonds. The summed E-state index contributed by atoms with van der Waals surface area (Å²) in [6, 6.07) is 15.6. The van der Waals surface area contributed by atoms with Crippen LogP contribution in [0.15, 0.2) is 48.5 Å². The van der Waals surface area contributed by atoms with Crippen LogP contribution in [0.4, 0.5) is 0 Å². The van der Waals surface area contributed by atoms with Gasteiger partial charge in [-0.3, -0.25) is 4.79 Å². The van der Waals surface area contributed by atoms with Crippen molar-refractivity contribution in [3.63, 3.8) is 0 Å². The first kappa shape index (κ1) is 17.9. The van der Waals surface area contributed by atoms with Crippen LogP contribution in [0.2, 0.25) is 0 Å². The van der Waals surface area contributed by atoms with Gasteiger partial charge >= 0.3 is 0 Å². The fourth-order valence-electron chi connectivity index (χ4n) is 2.35. The maximum atomic E-state index is 12.0. The van der Waals surface area contributed by atoms with Crippen LogP contribution in [0.5, 0.6) is 11.5 Å². The van der Waals surface area contributed by atoms with Gasteiger partial charge in [0.2, 0.25) is 5.91 Å². The fourth-order valence-corrected chi connectivity index (χ4v) is 2.35. The second-order valence-corrected chi connectivity index (χ2v) is 5.83. The van der Waals surface area contributed by atoms with E-state index in [0.29, 0.717) is 19.4 Å². The zero-order valence-corrected chi connectivity index (χ0v) is 14.5. The minimum absolute atomic E-state index is 0.0145. The molecule has 0 radical (unpaired) electrons. The van der Waals surface area contributed by atoms with Crippen LogP contribution in [-0.4, -0.2) is 19.6 Å². The van der Waals surface area contributed by atoms with E-state index in [1.165, 1.54) is 5.56 Å². The normalized spacial score (nSPS) is 11.6. The molecule has 0 heterocycles. The zero-order chi connectivity index (χ0) is 17.4. The monoisotopic (exact) mass is 327 g/mol. The second-order valence-electron chi connectivity index (χ2n) is 5.83. The topological polar surface area (TPSA) is 47.6 Å². The van der Waals surface area contributed by atoms with Gasteiger partial charge in [-0.15, -0.1) is 0 Å². The molecule has 2 aromatic rings. The minimum atomic E-state index is 0.0145. The zero-order valence-electron chi connectivity index (χ0n) is 14.5. The van der Waals surface area contributed by atoms with Gasteiger partial charge in [0.15, 0.2) is 0 Å². The standard InChI is InChI=1S/C20H25NO3/c1-15-6-8-17(9-7-15)16(2)21-20(22)5-4-14-24-19-12-10-18(23-3)11-13-19/h6-13,16H,4-5,14H2,1-3H3,(H,21,22)/t16-/m1/s1. The number of rotatable bonds is 8. The van der Waals surface area contributed by atoms with Gasteiger partial charge in [-0.05, 0) is 50.1 Å². The van der Waals surface area contributed by atoms with Gasteiger partial charge in [0, 0.05) is 6.42 Å². The molecule has 0 spiro atoms. The Morgan fingerprint density at radius 1 is 1.04 bits per heavy atom. The molecule has 128 valence electrons. The molecule has 1 atom stereocenters. The van der Waals surface area contributed by atoms with E-state index in [2.05, 4.69) is 24.4 Å². The molecule has 0 bridgehead atoms. The van der Waals surface area contributed by atoms with Crippen LogP contribution in [-0.2, 0) is 4.79 Å². The van der Waals surface area contributed by atoms with Crippen molar-refractivity contribution in [3.8, 4) is 11.5 Å². The average molecular weight is 327 g/mol. The molecule has 0 aliphatic rings. The first-order valence-corrected chi connectivity index (χ1v) is 8.21. The van der Waals surface area contributed by atoms with E-state index in [4.69, 9.17) is 9.47 Å². The Morgan fingerprint density at radius 2 is 1.67 bits per heavy atom. The maximum absolute atomic E-state index is 12.0. The first-order chi connectivity index (χ1) is 11.6. The molecule has 4 heteroatoms. The van der Waals surface area contributed by atoms with Crippen molar-refractivity contribution in [2.24, 2.45) is 0 Å². The molecule has 1 N–H and O–H groups in total. The summed E-state index contributed by atoms with van der Waals surface area (Å²) >= 11 is 0. The first-order valence-electron chi connectivity index (χ1n) is 8.21. The van der Waals surface area contributed by atoms with E-state index >= 15 is 0 Å². The average Bonchev–Trinajstić information content (AvgIpc) is 2.59. The van der Waals surface area contributed by atoms with Gasteiger partial charge in [-0.2, -0.15) is 0 Å². The smallest absolute Gasteiger partial charge is 0.220 e. The van der Waals surface area contributed by atoms with Crippen molar-refractivity contribution in [2.75, 3.05) is 13.7 Å². The van der Waals surface area contributed by atoms with E-state index in [0.717, 1.165) is 17.1 Å². The Hall–Kier alpha value is -2.49. The Bertz CT molecular complexity index is 635. The van der Waals surface area contributed by atoms with Crippen molar-refractivity contribution in [2.45, 2.75) is 32.7 Å². The number of nitrogens with one attached hydrogen (secondary N) is 1. The largest absolute Gasteiger partial charge is 0.497 e. The summed E-state index contributed by atoms with van der Waals surface area (Å²) in [6.07, 6.45) is 1.13. The number of carbonyl (C=O) groups excluding carboxylic acids is 1. The highest BCUT2D eigenvalue weighted by Gasteiger charge is 2.09. The van der Waals surface area contributed by atoms with E-state index in [1.807, 2.05) is 43.3 Å². The van der Waals surface area contributed by atoms with Crippen LogP contribution in [0.25, 0.3) is 0 Å². The summed E-state index contributed by atoms with van der Waals surface area (Å²) in [5.74, 6) is 1.62. The lowest BCUT2D eigenvalue weighted by Crippen LogP contribution is -2.26. The Kier molecular flexibility index (Phi) is 6.67. The maximum Gasteiger partial charge on any atom is 0.220 e. The van der Waals surface area contributed by atoms with Crippen molar-refractivity contribution < 1.29 is 14.3 Å². The Morgan fingerprint density at radius 3 is 2.29 bits per heavy atom. The van der Waals surface area contributed by atoms with Crippen molar-refractivity contribution >= 4 is 5.91 Å². The highest BCUT2D eigenvalue weighted by Crippen LogP contribution is 2.17. The van der Waals surface area contributed by atoms with Gasteiger partial charge in [-0.25, -0.2) is 0 Å². The molecule has 0 aliphatic carbocycles. The molecule has 0 aliphatic heterocycles. The second kappa shape index (κ2) is 8.96. The lowest BCUT2D eigenvalue weighted by Gasteiger charge is -2.14. The lowest BCUT2D eigenvalue weighted by molar-refractivity contribution is -0.121. The lowest BCUT2D eigenvalue weighted by atomic mass is 10.1. The number of ether oxygens (including phenoxy) is 2. The highest BCUT2D eigenvalue weighted by molar-refractivity contribution is 5.76. The van der Waals surface area contributed by atoms with E-state index in [9.17, 15) is 4.79 Å². The summed E-state index contributed by atoms with van der Waals surface area (Å²) in [6.45, 7) is 4.56. The van der Waals surface area contributed by atoms with Crippen molar-refractivity contribution in [1.82, 2.24) is 5.32 Å². The van der Waals surface area contributed by atoms with Gasteiger partial charge in [-0.1, -0.05) is 29.8 Å². The Balaban J connectivity index is 1.68. The van der Waals surface area contributed by atoms with Crippen LogP contribution in [0.1, 0.15) is 36.9 Å². The molecule has 24 heavy (non-hydrogen) atoms. The molecule has 0 unspecified atom stereocenters. The van der Waals surface area contributed by atoms with Gasteiger partial charge < -0.3 is 14.8 Å². The third-order valence-electron chi connectivity index (χ3n) is 3.83. The predicted octanol–water partition coefficient (Wildman–Crippen LogP) is 4.04. The van der Waals surface area contributed by atoms with Crippen LogP contribution >= 0.6 is 0 Å². The van der Waals surface area contributed by atoms with Crippen molar-refractivity contribution in [3.05, 3.63) is 59.7 Å². The van der Waals surface area contributed by atoms with Crippen LogP contribution in [0.3, 0.4) is 0 Å². The molecular formula is C20H25NO3. The van der Waals surface area contributed by atoms with Crippen LogP contribution < -0.4 is 14.8 Å². The number of amides is 1. The minimum Gasteiger partial charge on any atom is -0.497 e. The molecule has 2 rings (SSSR count). The molecule has 0 saturated carbocycles. The third-order valence-corrected chi connectivity index (χ3v) is 3.83. The number of aryl methyl sites for hydroxylation is 1. The SMILES string of the molecule is COc1ccc(OCCCC(=O)N[C@H](C)c2ccc(C)cc2)cc1. The summed E-state index contributed by atoms with van der Waals surface area (Å²) in [7, 11) is 1.63. The number of benzene rings is 2. The molecule has 2 aromatic carbocycles. The summed E-state index contributed by atoms with van der Waals surface area (Å²) in [5, 5.41) is 3.02. The molecular weight excluding hydrogens is 302 g/mol. The summed E-state index contributed by atoms with van der Waals surface area (Å²) < 4.78 is 10.7. The van der Waals surface area contributed by atoms with Crippen LogP contribution in [0, 0.1) is 6.92 Å². The molecule has 0 aromatic heterocycles. The Labute approximate surface area is 143 Å². The van der Waals surface area contributed by atoms with Gasteiger partial charge in [0.1, 0.15) is 11.5 Å². The highest BCUT2D eigenvalue weighted by atomic mass is 16.5. The summed E-state index contributed by atoms with van der Waals surface area (Å²) in [5.41, 5.74) is 2.33. The number of carbonyl (C=O) groups is 1. The number of hydrogen-bond acceptors (Lipinski definition) is 3. The van der Waals surface area contributed by atoms with E-state index < -0.39 is 0 Å². The van der Waals surface area contributed by atoms with E-state index in [1.54, 1.807) is 7.11 Å². The number of methoxy groups -OCH3 is 1. The van der Waals surface area contributed by atoms with Crippen molar-refractivity contribution in [1.29, 1.82) is 0 Å². The van der Waals surface area contributed by atoms with E-state index in [-0.39, 0.29) is 11.9 Å². The predicted molar refractivity (Wildman–Crippen MR) is 95.5 cm³/mol. The molecule has 0 fully saturated rings. The van der Waals surface area contributed by atoms with Gasteiger partial charge in [0.25, 0.3) is 0 Å².